The lowest BCUT2D eigenvalue weighted by molar-refractivity contribution is -0.192. The summed E-state index contributed by atoms with van der Waals surface area (Å²) in [7, 11) is 1.73. The predicted octanol–water partition coefficient (Wildman–Crippen LogP) is 4.96. The van der Waals surface area contributed by atoms with Crippen molar-refractivity contribution in [3.63, 3.8) is 0 Å². The molecular formula is C42H49F3N6O6. The molecule has 0 bridgehead atoms. The molecule has 4 amide bonds. The number of aliphatic carboxylic acids is 1. The Morgan fingerprint density at radius 3 is 2.07 bits per heavy atom. The van der Waals surface area contributed by atoms with Crippen LogP contribution in [0.5, 0.6) is 0 Å². The minimum atomic E-state index is -5.08. The summed E-state index contributed by atoms with van der Waals surface area (Å²) < 4.78 is 31.7. The molecule has 0 aliphatic carbocycles. The lowest BCUT2D eigenvalue weighted by Gasteiger charge is -2.39. The number of amides is 4. The van der Waals surface area contributed by atoms with Crippen LogP contribution in [0.2, 0.25) is 0 Å². The number of likely N-dealkylation sites (N-methyl/N-ethyl adjacent to an activating group) is 1. The third-order valence-corrected chi connectivity index (χ3v) is 10.3. The molecule has 2 aliphatic rings. The van der Waals surface area contributed by atoms with Gasteiger partial charge in [0.25, 0.3) is 0 Å². The zero-order valence-corrected chi connectivity index (χ0v) is 32.1. The summed E-state index contributed by atoms with van der Waals surface area (Å²) in [6, 6.07) is 24.6. The number of nitrogens with zero attached hydrogens (tertiary/aromatic N) is 2. The highest BCUT2D eigenvalue weighted by Crippen LogP contribution is 2.31. The topological polar surface area (TPSA) is 164 Å². The first-order valence-electron chi connectivity index (χ1n) is 19.0. The van der Waals surface area contributed by atoms with Crippen LogP contribution in [0.4, 0.5) is 13.2 Å². The normalized spacial score (nSPS) is 18.9. The standard InChI is InChI=1S/C40H48N6O4.C2HF3O2/c1-26(2)22-36(47)45-21-20-30-18-19-35(39(49)44-37(27-12-6-4-7-13-27)28-14-8-5-9-15-28)46(30)40(50)34(25-45)43-38(48)33(41-3)23-29-24-42-32-17-11-10-16-31(29)32;3-2(4,5)1(6)7/h4-17,24,26,30,33-35,37,41-42H,18-23,25H2,1-3H3,(H,43,48)(H,44,49);(H,6,7)/t30-,33+,34+,35+;/m1./s1. The maximum absolute atomic E-state index is 14.6. The monoisotopic (exact) mass is 790 g/mol. The fourth-order valence-corrected chi connectivity index (χ4v) is 7.45. The number of alkyl halides is 3. The van der Waals surface area contributed by atoms with Crippen LogP contribution < -0.4 is 16.0 Å². The highest BCUT2D eigenvalue weighted by Gasteiger charge is 2.46. The SMILES string of the molecule is CN[C@@H](Cc1c[nH]c2ccccc12)C(=O)N[C@H]1CN(C(=O)CC(C)C)CC[C@H]2CC[C@@H](C(=O)NC(c3ccccc3)c3ccccc3)N2C1=O.O=C(O)C(F)(F)F. The van der Waals surface area contributed by atoms with Gasteiger partial charge in [-0.25, -0.2) is 4.79 Å². The molecule has 2 aliphatic heterocycles. The van der Waals surface area contributed by atoms with Crippen molar-refractivity contribution >= 4 is 40.5 Å². The van der Waals surface area contributed by atoms with E-state index in [0.29, 0.717) is 38.6 Å². The average Bonchev–Trinajstić information content (AvgIpc) is 3.80. The molecule has 0 radical (unpaired) electrons. The molecule has 1 aromatic heterocycles. The van der Waals surface area contributed by atoms with E-state index in [1.165, 1.54) is 0 Å². The van der Waals surface area contributed by atoms with Gasteiger partial charge in [0.1, 0.15) is 12.1 Å². The molecule has 4 aromatic rings. The van der Waals surface area contributed by atoms with Crippen LogP contribution in [0, 0.1) is 5.92 Å². The molecule has 0 spiro atoms. The molecule has 4 atom stereocenters. The van der Waals surface area contributed by atoms with Gasteiger partial charge in [-0.1, -0.05) is 92.7 Å². The Hall–Kier alpha value is -5.70. The first kappa shape index (κ1) is 42.4. The Labute approximate surface area is 329 Å². The number of halogens is 3. The summed E-state index contributed by atoms with van der Waals surface area (Å²) >= 11 is 0. The number of benzene rings is 3. The van der Waals surface area contributed by atoms with Crippen molar-refractivity contribution in [3.8, 4) is 0 Å². The summed E-state index contributed by atoms with van der Waals surface area (Å²) in [5.41, 5.74) is 3.85. The van der Waals surface area contributed by atoms with Crippen molar-refractivity contribution in [2.24, 2.45) is 5.92 Å². The van der Waals surface area contributed by atoms with Crippen LogP contribution in [0.15, 0.2) is 91.1 Å². The predicted molar refractivity (Wildman–Crippen MR) is 208 cm³/mol. The highest BCUT2D eigenvalue weighted by atomic mass is 19.4. The number of carboxylic acid groups (broad SMARTS) is 1. The first-order chi connectivity index (χ1) is 27.2. The van der Waals surface area contributed by atoms with E-state index in [2.05, 4.69) is 20.9 Å². The number of H-pyrrole nitrogens is 1. The minimum absolute atomic E-state index is 0.0367. The van der Waals surface area contributed by atoms with E-state index in [1.54, 1.807) is 16.8 Å². The molecular weight excluding hydrogens is 741 g/mol. The number of hydrogen-bond acceptors (Lipinski definition) is 6. The molecule has 3 heterocycles. The van der Waals surface area contributed by atoms with E-state index in [0.717, 1.165) is 27.6 Å². The van der Waals surface area contributed by atoms with Crippen LogP contribution in [0.25, 0.3) is 10.9 Å². The summed E-state index contributed by atoms with van der Waals surface area (Å²) in [5.74, 6) is -3.54. The van der Waals surface area contributed by atoms with Gasteiger partial charge in [-0.15, -0.1) is 0 Å². The van der Waals surface area contributed by atoms with Crippen LogP contribution in [-0.4, -0.2) is 100.0 Å². The van der Waals surface area contributed by atoms with Crippen molar-refractivity contribution in [2.45, 2.75) is 82.3 Å². The summed E-state index contributed by atoms with van der Waals surface area (Å²) in [6.45, 7) is 4.49. The van der Waals surface area contributed by atoms with Crippen molar-refractivity contribution in [2.75, 3.05) is 20.1 Å². The average molecular weight is 791 g/mol. The molecule has 57 heavy (non-hydrogen) atoms. The van der Waals surface area contributed by atoms with E-state index in [1.807, 2.05) is 105 Å². The second kappa shape index (κ2) is 19.0. The largest absolute Gasteiger partial charge is 0.490 e. The molecule has 5 N–H and O–H groups in total. The lowest BCUT2D eigenvalue weighted by atomic mass is 9.98. The Morgan fingerprint density at radius 2 is 1.49 bits per heavy atom. The summed E-state index contributed by atoms with van der Waals surface area (Å²) in [5, 5.41) is 17.6. The van der Waals surface area contributed by atoms with Crippen LogP contribution in [0.3, 0.4) is 0 Å². The number of hydrogen-bond donors (Lipinski definition) is 5. The maximum atomic E-state index is 14.6. The second-order valence-electron chi connectivity index (χ2n) is 14.8. The Balaban J connectivity index is 0.000000811. The number of aromatic amines is 1. The van der Waals surface area contributed by atoms with Gasteiger partial charge in [-0.2, -0.15) is 13.2 Å². The van der Waals surface area contributed by atoms with Crippen LogP contribution in [-0.2, 0) is 30.4 Å². The third-order valence-electron chi connectivity index (χ3n) is 10.3. The van der Waals surface area contributed by atoms with E-state index < -0.39 is 36.3 Å². The van der Waals surface area contributed by atoms with Crippen molar-refractivity contribution in [1.82, 2.24) is 30.7 Å². The highest BCUT2D eigenvalue weighted by molar-refractivity contribution is 5.95. The van der Waals surface area contributed by atoms with Gasteiger partial charge < -0.3 is 35.8 Å². The van der Waals surface area contributed by atoms with Gasteiger partial charge in [0.05, 0.1) is 12.1 Å². The van der Waals surface area contributed by atoms with Gasteiger partial charge in [0, 0.05) is 42.7 Å². The van der Waals surface area contributed by atoms with Crippen molar-refractivity contribution < 1.29 is 42.3 Å². The molecule has 12 nitrogen and oxygen atoms in total. The number of aromatic nitrogens is 1. The number of nitrogens with one attached hydrogen (secondary N) is 4. The molecule has 6 rings (SSSR count). The second-order valence-corrected chi connectivity index (χ2v) is 14.8. The van der Waals surface area contributed by atoms with Crippen molar-refractivity contribution in [1.29, 1.82) is 0 Å². The van der Waals surface area contributed by atoms with Gasteiger partial charge >= 0.3 is 12.1 Å². The fraction of sp³-hybridized carbons (Fsp3) is 0.405. The van der Waals surface area contributed by atoms with E-state index in [4.69, 9.17) is 9.90 Å². The first-order valence-corrected chi connectivity index (χ1v) is 19.0. The molecule has 3 aromatic carbocycles. The van der Waals surface area contributed by atoms with E-state index in [-0.39, 0.29) is 42.1 Å². The quantitative estimate of drug-likeness (QED) is 0.143. The third kappa shape index (κ3) is 10.8. The van der Waals surface area contributed by atoms with E-state index in [9.17, 15) is 32.3 Å². The van der Waals surface area contributed by atoms with Crippen LogP contribution in [0.1, 0.15) is 62.3 Å². The Kier molecular flexibility index (Phi) is 14.1. The van der Waals surface area contributed by atoms with E-state index >= 15 is 0 Å². The maximum Gasteiger partial charge on any atom is 0.490 e. The number of rotatable bonds is 11. The minimum Gasteiger partial charge on any atom is -0.475 e. The summed E-state index contributed by atoms with van der Waals surface area (Å²) in [6.07, 6.45) is -0.710. The molecule has 15 heteroatoms. The number of carbonyl (C=O) groups excluding carboxylic acids is 4. The zero-order chi connectivity index (χ0) is 41.3. The van der Waals surface area contributed by atoms with Gasteiger partial charge in [0.15, 0.2) is 0 Å². The summed E-state index contributed by atoms with van der Waals surface area (Å²) in [4.78, 5) is 71.7. The fourth-order valence-electron chi connectivity index (χ4n) is 7.45. The van der Waals surface area contributed by atoms with Crippen LogP contribution >= 0.6 is 0 Å². The van der Waals surface area contributed by atoms with Gasteiger partial charge in [0.2, 0.25) is 23.6 Å². The van der Waals surface area contributed by atoms with Gasteiger partial charge in [-0.3, -0.25) is 19.2 Å². The Bertz CT molecular complexity index is 1970. The number of carboxylic acids is 1. The van der Waals surface area contributed by atoms with Crippen molar-refractivity contribution in [3.05, 3.63) is 108 Å². The number of para-hydroxylation sites is 1. The lowest BCUT2D eigenvalue weighted by Crippen LogP contribution is -2.62. The molecule has 2 fully saturated rings. The smallest absolute Gasteiger partial charge is 0.475 e. The molecule has 2 saturated heterocycles. The molecule has 304 valence electrons. The van der Waals surface area contributed by atoms with Gasteiger partial charge in [-0.05, 0) is 61.4 Å². The Morgan fingerprint density at radius 1 is 0.895 bits per heavy atom. The number of carbonyl (C=O) groups is 5. The number of fused-ring (bicyclic) bond motifs is 2. The zero-order valence-electron chi connectivity index (χ0n) is 32.1. The molecule has 0 saturated carbocycles. The molecule has 0 unspecified atom stereocenters.